The first kappa shape index (κ1) is 15.2. The fourth-order valence-electron chi connectivity index (χ4n) is 2.19. The zero-order valence-electron chi connectivity index (χ0n) is 11.8. The van der Waals surface area contributed by atoms with Crippen molar-refractivity contribution in [2.45, 2.75) is 38.5 Å². The Hall–Kier alpha value is -2.15. The van der Waals surface area contributed by atoms with Crippen LogP contribution in [0.5, 0.6) is 0 Å². The average Bonchev–Trinajstić information content (AvgIpc) is 3.00. The lowest BCUT2D eigenvalue weighted by atomic mass is 10.1. The Labute approximate surface area is 122 Å². The van der Waals surface area contributed by atoms with Gasteiger partial charge in [-0.2, -0.15) is 0 Å². The molecule has 1 aromatic rings. The average molecular weight is 293 g/mol. The quantitative estimate of drug-likeness (QED) is 0.756. The molecule has 2 atom stereocenters. The van der Waals surface area contributed by atoms with Gasteiger partial charge < -0.3 is 20.5 Å². The molecular weight excluding hydrogens is 274 g/mol. The molecule has 114 valence electrons. The van der Waals surface area contributed by atoms with E-state index in [1.54, 1.807) is 6.07 Å². The largest absolute Gasteiger partial charge is 0.477 e. The Morgan fingerprint density at radius 1 is 1.52 bits per heavy atom. The standard InChI is InChI=1S/C14H19N3O4/c1-9(12-3-2-6-21-12)17-14(20)16-8-10-4-5-11(13(18)19)15-7-10/h4-5,7,9,12H,2-3,6,8H2,1H3,(H,18,19)(H2,16,17,20). The number of aromatic nitrogens is 1. The molecule has 7 heteroatoms. The number of carboxylic acids is 1. The van der Waals surface area contributed by atoms with Crippen molar-refractivity contribution >= 4 is 12.0 Å². The van der Waals surface area contributed by atoms with Crippen LogP contribution in [0.25, 0.3) is 0 Å². The summed E-state index contributed by atoms with van der Waals surface area (Å²) >= 11 is 0. The molecule has 0 radical (unpaired) electrons. The first-order valence-electron chi connectivity index (χ1n) is 6.90. The van der Waals surface area contributed by atoms with Crippen molar-refractivity contribution in [2.24, 2.45) is 0 Å². The first-order chi connectivity index (χ1) is 10.1. The molecule has 21 heavy (non-hydrogen) atoms. The predicted octanol–water partition coefficient (Wildman–Crippen LogP) is 1.15. The fraction of sp³-hybridized carbons (Fsp3) is 0.500. The molecule has 1 aliphatic heterocycles. The molecule has 2 heterocycles. The molecule has 0 aromatic carbocycles. The maximum Gasteiger partial charge on any atom is 0.354 e. The van der Waals surface area contributed by atoms with E-state index in [1.165, 1.54) is 12.3 Å². The number of nitrogens with one attached hydrogen (secondary N) is 2. The van der Waals surface area contributed by atoms with Gasteiger partial charge in [0.1, 0.15) is 5.69 Å². The summed E-state index contributed by atoms with van der Waals surface area (Å²) in [6, 6.07) is 2.72. The number of hydrogen-bond donors (Lipinski definition) is 3. The van der Waals surface area contributed by atoms with E-state index >= 15 is 0 Å². The Kier molecular flexibility index (Phi) is 5.10. The topological polar surface area (TPSA) is 101 Å². The highest BCUT2D eigenvalue weighted by Gasteiger charge is 2.23. The monoisotopic (exact) mass is 293 g/mol. The Morgan fingerprint density at radius 3 is 2.90 bits per heavy atom. The molecule has 7 nitrogen and oxygen atoms in total. The maximum atomic E-state index is 11.8. The molecule has 1 aliphatic rings. The lowest BCUT2D eigenvalue weighted by Crippen LogP contribution is -2.45. The van der Waals surface area contributed by atoms with Gasteiger partial charge >= 0.3 is 12.0 Å². The van der Waals surface area contributed by atoms with Crippen LogP contribution in [0, 0.1) is 0 Å². The van der Waals surface area contributed by atoms with Gasteiger partial charge in [-0.05, 0) is 31.4 Å². The third-order valence-electron chi connectivity index (χ3n) is 3.38. The molecule has 1 saturated heterocycles. The zero-order valence-corrected chi connectivity index (χ0v) is 11.8. The number of nitrogens with zero attached hydrogens (tertiary/aromatic N) is 1. The van der Waals surface area contributed by atoms with Crippen LogP contribution in [0.1, 0.15) is 35.8 Å². The zero-order chi connectivity index (χ0) is 15.2. The number of hydrogen-bond acceptors (Lipinski definition) is 4. The molecule has 2 amide bonds. The van der Waals surface area contributed by atoms with Crippen LogP contribution in [-0.2, 0) is 11.3 Å². The Bertz CT molecular complexity index is 497. The Balaban J connectivity index is 1.76. The number of aromatic carboxylic acids is 1. The highest BCUT2D eigenvalue weighted by atomic mass is 16.5. The second-order valence-electron chi connectivity index (χ2n) is 5.02. The van der Waals surface area contributed by atoms with Crippen molar-refractivity contribution in [3.8, 4) is 0 Å². The molecule has 1 aromatic heterocycles. The Morgan fingerprint density at radius 2 is 2.33 bits per heavy atom. The number of carbonyl (C=O) groups is 2. The van der Waals surface area contributed by atoms with Crippen molar-refractivity contribution in [3.63, 3.8) is 0 Å². The van der Waals surface area contributed by atoms with E-state index in [1.807, 2.05) is 6.92 Å². The summed E-state index contributed by atoms with van der Waals surface area (Å²) in [6.07, 6.45) is 3.50. The van der Waals surface area contributed by atoms with Gasteiger partial charge in [-0.15, -0.1) is 0 Å². The number of urea groups is 1. The summed E-state index contributed by atoms with van der Waals surface area (Å²) in [5.41, 5.74) is 0.718. The summed E-state index contributed by atoms with van der Waals surface area (Å²) in [6.45, 7) is 2.95. The smallest absolute Gasteiger partial charge is 0.354 e. The van der Waals surface area contributed by atoms with Gasteiger partial charge in [0, 0.05) is 19.3 Å². The molecular formula is C14H19N3O4. The highest BCUT2D eigenvalue weighted by molar-refractivity contribution is 5.85. The second kappa shape index (κ2) is 7.03. The number of rotatable bonds is 5. The van der Waals surface area contributed by atoms with E-state index < -0.39 is 5.97 Å². The van der Waals surface area contributed by atoms with Crippen molar-refractivity contribution in [1.29, 1.82) is 0 Å². The maximum absolute atomic E-state index is 11.8. The summed E-state index contributed by atoms with van der Waals surface area (Å²) in [5, 5.41) is 14.3. The van der Waals surface area contributed by atoms with Gasteiger partial charge in [0.05, 0.1) is 12.1 Å². The van der Waals surface area contributed by atoms with Crippen LogP contribution in [0.4, 0.5) is 4.79 Å². The van der Waals surface area contributed by atoms with Crippen LogP contribution >= 0.6 is 0 Å². The number of pyridine rings is 1. The number of amides is 2. The number of carbonyl (C=O) groups excluding carboxylic acids is 1. The van der Waals surface area contributed by atoms with Crippen LogP contribution in [-0.4, -0.2) is 40.8 Å². The molecule has 0 saturated carbocycles. The van der Waals surface area contributed by atoms with Gasteiger partial charge in [-0.25, -0.2) is 14.6 Å². The molecule has 2 rings (SSSR count). The fourth-order valence-corrected chi connectivity index (χ4v) is 2.19. The van der Waals surface area contributed by atoms with Crippen LogP contribution in [0.2, 0.25) is 0 Å². The van der Waals surface area contributed by atoms with E-state index in [0.29, 0.717) is 0 Å². The van der Waals surface area contributed by atoms with Crippen molar-refractivity contribution in [1.82, 2.24) is 15.6 Å². The van der Waals surface area contributed by atoms with Crippen molar-refractivity contribution < 1.29 is 19.4 Å². The molecule has 2 unspecified atom stereocenters. The van der Waals surface area contributed by atoms with Gasteiger partial charge in [-0.3, -0.25) is 0 Å². The molecule has 0 bridgehead atoms. The van der Waals surface area contributed by atoms with E-state index in [-0.39, 0.29) is 30.4 Å². The van der Waals surface area contributed by atoms with Crippen LogP contribution in [0.3, 0.4) is 0 Å². The van der Waals surface area contributed by atoms with E-state index in [2.05, 4.69) is 15.6 Å². The minimum Gasteiger partial charge on any atom is -0.477 e. The highest BCUT2D eigenvalue weighted by Crippen LogP contribution is 2.15. The van der Waals surface area contributed by atoms with E-state index in [0.717, 1.165) is 25.0 Å². The minimum absolute atomic E-state index is 0.0183. The van der Waals surface area contributed by atoms with Gasteiger partial charge in [0.15, 0.2) is 0 Å². The normalized spacial score (nSPS) is 19.0. The third kappa shape index (κ3) is 4.42. The van der Waals surface area contributed by atoms with Crippen molar-refractivity contribution in [2.75, 3.05) is 6.61 Å². The predicted molar refractivity (Wildman–Crippen MR) is 75.0 cm³/mol. The van der Waals surface area contributed by atoms with E-state index in [4.69, 9.17) is 9.84 Å². The summed E-state index contributed by atoms with van der Waals surface area (Å²) in [7, 11) is 0. The third-order valence-corrected chi connectivity index (χ3v) is 3.38. The minimum atomic E-state index is -1.07. The summed E-state index contributed by atoms with van der Waals surface area (Å²) < 4.78 is 5.51. The number of carboxylic acid groups (broad SMARTS) is 1. The summed E-state index contributed by atoms with van der Waals surface area (Å²) in [5.74, 6) is -1.07. The second-order valence-corrected chi connectivity index (χ2v) is 5.02. The molecule has 0 spiro atoms. The number of ether oxygens (including phenoxy) is 1. The van der Waals surface area contributed by atoms with Gasteiger partial charge in [0.2, 0.25) is 0 Å². The lowest BCUT2D eigenvalue weighted by Gasteiger charge is -2.20. The molecule has 1 fully saturated rings. The van der Waals surface area contributed by atoms with E-state index in [9.17, 15) is 9.59 Å². The van der Waals surface area contributed by atoms with Crippen molar-refractivity contribution in [3.05, 3.63) is 29.6 Å². The van der Waals surface area contributed by atoms with Gasteiger partial charge in [0.25, 0.3) is 0 Å². The van der Waals surface area contributed by atoms with Crippen LogP contribution in [0.15, 0.2) is 18.3 Å². The van der Waals surface area contributed by atoms with Gasteiger partial charge in [-0.1, -0.05) is 6.07 Å². The van der Waals surface area contributed by atoms with Crippen LogP contribution < -0.4 is 10.6 Å². The molecule has 3 N–H and O–H groups in total. The summed E-state index contributed by atoms with van der Waals surface area (Å²) in [4.78, 5) is 26.2. The molecule has 0 aliphatic carbocycles. The first-order valence-corrected chi connectivity index (χ1v) is 6.90. The SMILES string of the molecule is CC(NC(=O)NCc1ccc(C(=O)O)nc1)C1CCCO1. The lowest BCUT2D eigenvalue weighted by molar-refractivity contribution is 0.0690.